The molecule has 0 aliphatic carbocycles. The summed E-state index contributed by atoms with van der Waals surface area (Å²) < 4.78 is 9.52. The number of carbonyl (C=O) groups excluding carboxylic acids is 8. The Hall–Kier alpha value is -5.58. The van der Waals surface area contributed by atoms with E-state index in [0.29, 0.717) is 10.1 Å². The van der Waals surface area contributed by atoms with Crippen molar-refractivity contribution in [3.8, 4) is 0 Å². The van der Waals surface area contributed by atoms with Gasteiger partial charge in [-0.05, 0) is 0 Å². The Bertz CT molecular complexity index is 2120. The number of aliphatic carboxylic acids is 4. The van der Waals surface area contributed by atoms with E-state index in [1.807, 2.05) is 0 Å². The first-order valence-electron chi connectivity index (χ1n) is 17.0. The number of nitrogens with zero attached hydrogens (tertiary/aromatic N) is 6. The maximum atomic E-state index is 12.6. The van der Waals surface area contributed by atoms with E-state index in [9.17, 15) is 58.2 Å². The molecular formula is C30H28N10Na2O20S2. The number of nitrogens with one attached hydrogen (secondary N) is 2. The molecular weight excluding hydrogens is 930 g/mol. The number of cyclic esters (lactones) is 2. The van der Waals surface area contributed by atoms with Gasteiger partial charge in [-0.15, -0.1) is 22.7 Å². The number of oxime groups is 2. The zero-order chi connectivity index (χ0) is 45.5. The molecule has 332 valence electrons. The van der Waals surface area contributed by atoms with Crippen LogP contribution in [0.2, 0.25) is 0 Å². The molecule has 4 fully saturated rings. The molecule has 2 aromatic rings. The van der Waals surface area contributed by atoms with Crippen LogP contribution in [0.4, 0.5) is 10.3 Å². The third kappa shape index (κ3) is 12.0. The normalized spacial score (nSPS) is 22.8. The Morgan fingerprint density at radius 2 is 1.09 bits per heavy atom. The van der Waals surface area contributed by atoms with E-state index in [-0.39, 0.29) is 93.6 Å². The number of esters is 2. The summed E-state index contributed by atoms with van der Waals surface area (Å²) in [5.74, 6) is -12.2. The van der Waals surface area contributed by atoms with Crippen molar-refractivity contribution in [3.05, 3.63) is 22.1 Å². The van der Waals surface area contributed by atoms with Crippen LogP contribution < -0.4 is 91.4 Å². The van der Waals surface area contributed by atoms with Gasteiger partial charge in [0, 0.05) is 23.6 Å². The number of hydroxylamine groups is 4. The molecule has 34 heteroatoms. The van der Waals surface area contributed by atoms with E-state index in [1.54, 1.807) is 0 Å². The number of carboxylic acid groups (broad SMARTS) is 4. The van der Waals surface area contributed by atoms with Gasteiger partial charge >= 0.3 is 83.0 Å². The number of carboxylic acids is 4. The molecule has 30 nitrogen and oxygen atoms in total. The van der Waals surface area contributed by atoms with Crippen LogP contribution in [0.5, 0.6) is 0 Å². The maximum absolute atomic E-state index is 12.6. The Kier molecular flexibility index (Phi) is 18.4. The molecule has 6 heterocycles. The monoisotopic (exact) mass is 958 g/mol. The van der Waals surface area contributed by atoms with Crippen LogP contribution in [0.25, 0.3) is 0 Å². The minimum Gasteiger partial charge on any atom is -0.544 e. The summed E-state index contributed by atoms with van der Waals surface area (Å²) in [6, 6.07) is -2.77. The summed E-state index contributed by atoms with van der Waals surface area (Å²) in [4.78, 5) is 145. The zero-order valence-corrected chi connectivity index (χ0v) is 38.5. The van der Waals surface area contributed by atoms with Crippen LogP contribution in [0.3, 0.4) is 0 Å². The number of nitrogen functional groups attached to an aromatic ring is 2. The number of anilines is 2. The van der Waals surface area contributed by atoms with Crippen molar-refractivity contribution >= 4 is 104 Å². The fourth-order valence-corrected chi connectivity index (χ4v) is 6.54. The van der Waals surface area contributed by atoms with E-state index in [2.05, 4.69) is 40.6 Å². The molecule has 0 spiro atoms. The summed E-state index contributed by atoms with van der Waals surface area (Å²) in [5, 5.41) is 55.3. The molecule has 8 N–H and O–H groups in total. The van der Waals surface area contributed by atoms with Gasteiger partial charge in [0.15, 0.2) is 21.7 Å². The SMILES string of the molecule is Nc1nc(/C(=N/OCC(=O)O)C(=O)N[C@H]2CON(C3(C(=O)[O-])CCC(=O)O3)C2=O)cs1.Nc1nc(/C(=N/OCC(=O)O)C(=O)N[C@H]2CON(C3(C(=O)[O-])CCC(=O)O3)C2=O)cs1.[Na+].[Na+]. The van der Waals surface area contributed by atoms with Gasteiger partial charge in [-0.25, -0.2) is 19.6 Å². The maximum Gasteiger partial charge on any atom is 1.00 e. The van der Waals surface area contributed by atoms with Gasteiger partial charge in [0.2, 0.25) is 13.2 Å². The molecule has 64 heavy (non-hydrogen) atoms. The average molecular weight is 959 g/mol. The molecule has 0 radical (unpaired) electrons. The molecule has 2 unspecified atom stereocenters. The van der Waals surface area contributed by atoms with Gasteiger partial charge in [-0.2, -0.15) is 10.1 Å². The summed E-state index contributed by atoms with van der Waals surface area (Å²) in [6.45, 7) is -2.68. The van der Waals surface area contributed by atoms with Crippen molar-refractivity contribution in [2.45, 2.75) is 49.2 Å². The van der Waals surface area contributed by atoms with Gasteiger partial charge in [-0.3, -0.25) is 38.4 Å². The average Bonchev–Trinajstić information content (AvgIpc) is 4.07. The number of carbonyl (C=O) groups is 10. The summed E-state index contributed by atoms with van der Waals surface area (Å²) >= 11 is 1.93. The molecule has 0 aromatic carbocycles. The van der Waals surface area contributed by atoms with Gasteiger partial charge < -0.3 is 71.3 Å². The second kappa shape index (κ2) is 22.4. The molecule has 0 bridgehead atoms. The van der Waals surface area contributed by atoms with Gasteiger partial charge in [0.1, 0.15) is 48.6 Å². The third-order valence-electron chi connectivity index (χ3n) is 8.19. The van der Waals surface area contributed by atoms with E-state index in [0.717, 1.165) is 22.7 Å². The van der Waals surface area contributed by atoms with Crippen LogP contribution in [-0.2, 0) is 76.8 Å². The van der Waals surface area contributed by atoms with E-state index in [4.69, 9.17) is 40.8 Å². The molecule has 0 saturated carbocycles. The predicted octanol–water partition coefficient (Wildman–Crippen LogP) is -12.8. The fraction of sp³-hybridized carbons (Fsp3) is 0.400. The first-order chi connectivity index (χ1) is 29.3. The standard InChI is InChI=1S/2C15H15N5O10S.2Na/c2*16-14-18-7(5-31-14)10(19-28-4-8(21)22)11(24)17-6-3-29-20(12(6)25)15(13(26)27)2-1-9(23)30-15;;/h2*5-6H,1-4H2,(H2,16,18)(H,17,24)(H,21,22)(H,26,27);;/q;;2*+1/p-2/b2*19-10-;;/t2*6-,15?;;/m00../s1. The summed E-state index contributed by atoms with van der Waals surface area (Å²) in [5.41, 5.74) is 5.08. The molecule has 4 saturated heterocycles. The van der Waals surface area contributed by atoms with Gasteiger partial charge in [0.25, 0.3) is 35.1 Å². The molecule has 4 aliphatic heterocycles. The van der Waals surface area contributed by atoms with Crippen LogP contribution in [-0.4, -0.2) is 151 Å². The third-order valence-corrected chi connectivity index (χ3v) is 9.54. The Labute approximate surface area is 407 Å². The minimum atomic E-state index is -2.45. The van der Waals surface area contributed by atoms with Crippen LogP contribution in [0.15, 0.2) is 21.1 Å². The van der Waals surface area contributed by atoms with E-state index < -0.39 is 134 Å². The van der Waals surface area contributed by atoms with Crippen molar-refractivity contribution < 1.29 is 156 Å². The van der Waals surface area contributed by atoms with Gasteiger partial charge in [-0.1, -0.05) is 10.3 Å². The fourth-order valence-electron chi connectivity index (χ4n) is 5.44. The van der Waals surface area contributed by atoms with Crippen molar-refractivity contribution in [2.24, 2.45) is 10.3 Å². The van der Waals surface area contributed by atoms with Crippen LogP contribution in [0, 0.1) is 0 Å². The quantitative estimate of drug-likeness (QED) is 0.0394. The van der Waals surface area contributed by atoms with E-state index in [1.165, 1.54) is 10.8 Å². The second-order valence-corrected chi connectivity index (χ2v) is 14.1. The number of nitrogens with two attached hydrogens (primary N) is 2. The van der Waals surface area contributed by atoms with Crippen molar-refractivity contribution in [2.75, 3.05) is 37.9 Å². The largest absolute Gasteiger partial charge is 1.00 e. The van der Waals surface area contributed by atoms with Crippen LogP contribution in [0.1, 0.15) is 37.1 Å². The smallest absolute Gasteiger partial charge is 0.544 e. The minimum absolute atomic E-state index is 0. The van der Waals surface area contributed by atoms with Crippen molar-refractivity contribution in [1.29, 1.82) is 0 Å². The number of ether oxygens (including phenoxy) is 2. The van der Waals surface area contributed by atoms with Crippen molar-refractivity contribution in [1.82, 2.24) is 30.7 Å². The summed E-state index contributed by atoms with van der Waals surface area (Å²) in [7, 11) is 0. The van der Waals surface area contributed by atoms with Crippen molar-refractivity contribution in [3.63, 3.8) is 0 Å². The molecule has 4 aliphatic rings. The van der Waals surface area contributed by atoms with E-state index >= 15 is 0 Å². The molecule has 4 amide bonds. The second-order valence-electron chi connectivity index (χ2n) is 12.4. The summed E-state index contributed by atoms with van der Waals surface area (Å²) in [6.07, 6.45) is -1.34. The number of hydrogen-bond donors (Lipinski definition) is 6. The number of aromatic nitrogens is 2. The zero-order valence-electron chi connectivity index (χ0n) is 32.9. The Morgan fingerprint density at radius 1 is 0.734 bits per heavy atom. The topological polar surface area (TPSA) is 446 Å². The van der Waals surface area contributed by atoms with Gasteiger partial charge in [0.05, 0.1) is 12.8 Å². The number of hydrogen-bond acceptors (Lipinski definition) is 26. The molecule has 6 rings (SSSR count). The number of rotatable bonds is 16. The first-order valence-corrected chi connectivity index (χ1v) is 18.7. The molecule has 4 atom stereocenters. The molecule has 2 aromatic heterocycles. The predicted molar refractivity (Wildman–Crippen MR) is 189 cm³/mol. The number of amides is 4. The first kappa shape index (κ1) is 52.8. The van der Waals surface area contributed by atoms with Crippen LogP contribution >= 0.6 is 22.7 Å². The number of thiazole rings is 2. The Balaban J connectivity index is 0.000000330. The Morgan fingerprint density at radius 3 is 1.36 bits per heavy atom.